The van der Waals surface area contributed by atoms with E-state index in [1.54, 1.807) is 0 Å². The molecule has 2 rings (SSSR count). The Bertz CT molecular complexity index is 364. The van der Waals surface area contributed by atoms with E-state index in [0.717, 1.165) is 29.6 Å². The van der Waals surface area contributed by atoms with E-state index in [-0.39, 0.29) is 0 Å². The number of thioether (sulfide) groups is 1. The van der Waals surface area contributed by atoms with Gasteiger partial charge in [-0.3, -0.25) is 4.99 Å². The number of nitrogens with one attached hydrogen (secondary N) is 2. The Morgan fingerprint density at radius 2 is 1.91 bits per heavy atom. The van der Waals surface area contributed by atoms with Gasteiger partial charge in [-0.1, -0.05) is 13.8 Å². The van der Waals surface area contributed by atoms with Gasteiger partial charge in [-0.25, -0.2) is 0 Å². The highest BCUT2D eigenvalue weighted by molar-refractivity contribution is 7.99. The second-order valence-electron chi connectivity index (χ2n) is 7.57. The van der Waals surface area contributed by atoms with Crippen molar-refractivity contribution in [3.05, 3.63) is 0 Å². The molecule has 1 heterocycles. The molecule has 1 saturated carbocycles. The van der Waals surface area contributed by atoms with Crippen LogP contribution >= 0.6 is 11.8 Å². The van der Waals surface area contributed by atoms with E-state index in [2.05, 4.69) is 40.6 Å². The van der Waals surface area contributed by atoms with E-state index in [4.69, 9.17) is 0 Å². The topological polar surface area (TPSA) is 39.7 Å². The lowest BCUT2D eigenvalue weighted by atomic mass is 9.92. The number of rotatable bonds is 6. The van der Waals surface area contributed by atoms with Gasteiger partial charge in [-0.2, -0.15) is 11.8 Å². The van der Waals surface area contributed by atoms with Crippen LogP contribution in [0.5, 0.6) is 0 Å². The van der Waals surface area contributed by atoms with Crippen molar-refractivity contribution < 1.29 is 0 Å². The maximum Gasteiger partial charge on any atom is 0.191 e. The van der Waals surface area contributed by atoms with Crippen LogP contribution in [0.4, 0.5) is 0 Å². The third-order valence-corrected chi connectivity index (χ3v) is 6.27. The van der Waals surface area contributed by atoms with Crippen molar-refractivity contribution in [3.63, 3.8) is 0 Å². The molecule has 5 heteroatoms. The number of aliphatic imine (C=N–C) groups is 1. The molecule has 134 valence electrons. The maximum absolute atomic E-state index is 4.38. The zero-order valence-electron chi connectivity index (χ0n) is 15.5. The molecule has 0 spiro atoms. The van der Waals surface area contributed by atoms with Gasteiger partial charge in [0, 0.05) is 38.0 Å². The molecular formula is C18H36N4S. The Morgan fingerprint density at radius 1 is 1.17 bits per heavy atom. The summed E-state index contributed by atoms with van der Waals surface area (Å²) in [5.74, 6) is 2.69. The summed E-state index contributed by atoms with van der Waals surface area (Å²) in [6, 6.07) is 0.599. The Balaban J connectivity index is 1.60. The van der Waals surface area contributed by atoms with E-state index < -0.39 is 0 Å². The van der Waals surface area contributed by atoms with E-state index in [1.165, 1.54) is 51.7 Å². The van der Waals surface area contributed by atoms with Crippen LogP contribution in [0.3, 0.4) is 0 Å². The molecule has 0 radical (unpaired) electrons. The van der Waals surface area contributed by atoms with Crippen molar-refractivity contribution in [3.8, 4) is 0 Å². The SMILES string of the molecule is CN=C(NCCCN1CC(C)CC(C)C1)NC1CCC(SC)C1. The minimum absolute atomic E-state index is 0.599. The third kappa shape index (κ3) is 6.54. The molecule has 0 aromatic carbocycles. The molecule has 0 bridgehead atoms. The third-order valence-electron chi connectivity index (χ3n) is 5.17. The van der Waals surface area contributed by atoms with Crippen molar-refractivity contribution in [1.29, 1.82) is 0 Å². The van der Waals surface area contributed by atoms with Gasteiger partial charge in [0.05, 0.1) is 0 Å². The van der Waals surface area contributed by atoms with Gasteiger partial charge in [0.1, 0.15) is 0 Å². The average molecular weight is 341 g/mol. The summed E-state index contributed by atoms with van der Waals surface area (Å²) < 4.78 is 0. The zero-order valence-corrected chi connectivity index (χ0v) is 16.3. The molecule has 2 N–H and O–H groups in total. The normalized spacial score (nSPS) is 33.0. The van der Waals surface area contributed by atoms with Crippen molar-refractivity contribution in [2.75, 3.05) is 39.5 Å². The number of likely N-dealkylation sites (tertiary alicyclic amines) is 1. The Labute approximate surface area is 147 Å². The van der Waals surface area contributed by atoms with Crippen LogP contribution in [0.15, 0.2) is 4.99 Å². The van der Waals surface area contributed by atoms with Crippen molar-refractivity contribution in [2.45, 2.75) is 57.2 Å². The number of piperidine rings is 1. The Hall–Kier alpha value is -0.420. The highest BCUT2D eigenvalue weighted by Crippen LogP contribution is 2.28. The van der Waals surface area contributed by atoms with Gasteiger partial charge in [0.2, 0.25) is 0 Å². The summed E-state index contributed by atoms with van der Waals surface area (Å²) in [5, 5.41) is 7.92. The summed E-state index contributed by atoms with van der Waals surface area (Å²) in [4.78, 5) is 7.02. The molecule has 2 aliphatic rings. The second-order valence-corrected chi connectivity index (χ2v) is 8.71. The number of guanidine groups is 1. The monoisotopic (exact) mass is 340 g/mol. The fourth-order valence-corrected chi connectivity index (χ4v) is 4.95. The van der Waals surface area contributed by atoms with E-state index >= 15 is 0 Å². The second kappa shape index (κ2) is 9.77. The highest BCUT2D eigenvalue weighted by atomic mass is 32.2. The predicted octanol–water partition coefficient (Wildman–Crippen LogP) is 2.80. The summed E-state index contributed by atoms with van der Waals surface area (Å²) in [6.07, 6.45) is 8.69. The lowest BCUT2D eigenvalue weighted by molar-refractivity contribution is 0.140. The van der Waals surface area contributed by atoms with Crippen molar-refractivity contribution >= 4 is 17.7 Å². The van der Waals surface area contributed by atoms with Crippen molar-refractivity contribution in [1.82, 2.24) is 15.5 Å². The van der Waals surface area contributed by atoms with Crippen LogP contribution in [0.25, 0.3) is 0 Å². The van der Waals surface area contributed by atoms with Crippen LogP contribution in [0, 0.1) is 11.8 Å². The van der Waals surface area contributed by atoms with Crippen LogP contribution < -0.4 is 10.6 Å². The number of hydrogen-bond acceptors (Lipinski definition) is 3. The molecule has 23 heavy (non-hydrogen) atoms. The molecule has 2 fully saturated rings. The van der Waals surface area contributed by atoms with Crippen molar-refractivity contribution in [2.24, 2.45) is 16.8 Å². The van der Waals surface area contributed by atoms with Crippen LogP contribution in [-0.2, 0) is 0 Å². The van der Waals surface area contributed by atoms with Gasteiger partial charge in [-0.15, -0.1) is 0 Å². The summed E-state index contributed by atoms with van der Waals surface area (Å²) in [6.45, 7) is 9.53. The minimum atomic E-state index is 0.599. The fraction of sp³-hybridized carbons (Fsp3) is 0.944. The fourth-order valence-electron chi connectivity index (χ4n) is 4.16. The number of nitrogens with zero attached hydrogens (tertiary/aromatic N) is 2. The van der Waals surface area contributed by atoms with Gasteiger partial charge in [0.25, 0.3) is 0 Å². The van der Waals surface area contributed by atoms with E-state index in [0.29, 0.717) is 6.04 Å². The molecule has 4 unspecified atom stereocenters. The minimum Gasteiger partial charge on any atom is -0.356 e. The lowest BCUT2D eigenvalue weighted by Crippen LogP contribution is -2.44. The quantitative estimate of drug-likeness (QED) is 0.443. The first kappa shape index (κ1) is 18.9. The average Bonchev–Trinajstić information content (AvgIpc) is 2.97. The molecule has 4 nitrogen and oxygen atoms in total. The predicted molar refractivity (Wildman–Crippen MR) is 103 cm³/mol. The maximum atomic E-state index is 4.38. The molecular weight excluding hydrogens is 304 g/mol. The van der Waals surface area contributed by atoms with Crippen LogP contribution in [0.1, 0.15) is 46.0 Å². The molecule has 1 saturated heterocycles. The first-order chi connectivity index (χ1) is 11.1. The molecule has 0 aromatic heterocycles. The Kier molecular flexibility index (Phi) is 8.04. The highest BCUT2D eigenvalue weighted by Gasteiger charge is 2.24. The van der Waals surface area contributed by atoms with Gasteiger partial charge in [-0.05, 0) is 56.7 Å². The summed E-state index contributed by atoms with van der Waals surface area (Å²) in [5.41, 5.74) is 0. The van der Waals surface area contributed by atoms with Gasteiger partial charge >= 0.3 is 0 Å². The molecule has 1 aliphatic heterocycles. The summed E-state index contributed by atoms with van der Waals surface area (Å²) in [7, 11) is 1.88. The Morgan fingerprint density at radius 3 is 2.52 bits per heavy atom. The summed E-state index contributed by atoms with van der Waals surface area (Å²) >= 11 is 2.00. The zero-order chi connectivity index (χ0) is 16.7. The van der Waals surface area contributed by atoms with Crippen LogP contribution in [0.2, 0.25) is 0 Å². The molecule has 0 amide bonds. The van der Waals surface area contributed by atoms with Crippen LogP contribution in [-0.4, -0.2) is 61.6 Å². The van der Waals surface area contributed by atoms with E-state index in [9.17, 15) is 0 Å². The first-order valence-electron chi connectivity index (χ1n) is 9.33. The largest absolute Gasteiger partial charge is 0.356 e. The molecule has 1 aliphatic carbocycles. The smallest absolute Gasteiger partial charge is 0.191 e. The van der Waals surface area contributed by atoms with Gasteiger partial charge in [0.15, 0.2) is 5.96 Å². The standard InChI is InChI=1S/C18H36N4S/c1-14-10-15(2)13-22(12-14)9-5-8-20-18(19-3)21-16-6-7-17(11-16)23-4/h14-17H,5-13H2,1-4H3,(H2,19,20,21). The van der Waals surface area contributed by atoms with Gasteiger partial charge < -0.3 is 15.5 Å². The first-order valence-corrected chi connectivity index (χ1v) is 10.6. The number of hydrogen-bond donors (Lipinski definition) is 2. The lowest BCUT2D eigenvalue weighted by Gasteiger charge is -2.35. The molecule has 0 aromatic rings. The van der Waals surface area contributed by atoms with E-state index in [1.807, 2.05) is 18.8 Å². The molecule has 4 atom stereocenters.